The summed E-state index contributed by atoms with van der Waals surface area (Å²) in [6.07, 6.45) is 0.608. The van der Waals surface area contributed by atoms with Crippen molar-refractivity contribution in [1.82, 2.24) is 5.32 Å². The maximum Gasteiger partial charge on any atom is 0.152 e. The van der Waals surface area contributed by atoms with Crippen LogP contribution in [-0.4, -0.2) is 40.1 Å². The van der Waals surface area contributed by atoms with E-state index in [4.69, 9.17) is 0 Å². The van der Waals surface area contributed by atoms with Crippen LogP contribution in [-0.2, 0) is 16.4 Å². The molecule has 2 rings (SSSR count). The van der Waals surface area contributed by atoms with Crippen molar-refractivity contribution in [2.45, 2.75) is 19.0 Å². The Hall–Kier alpha value is -1.14. The molecule has 0 amide bonds. The highest BCUT2D eigenvalue weighted by atomic mass is 32.2. The van der Waals surface area contributed by atoms with Gasteiger partial charge in [0.05, 0.1) is 11.5 Å². The van der Waals surface area contributed by atoms with Gasteiger partial charge in [-0.3, -0.25) is 0 Å². The van der Waals surface area contributed by atoms with E-state index < -0.39 is 9.84 Å². The molecule has 1 heterocycles. The van der Waals surface area contributed by atoms with Gasteiger partial charge in [-0.05, 0) is 37.2 Å². The van der Waals surface area contributed by atoms with Gasteiger partial charge in [0.1, 0.15) is 5.82 Å². The van der Waals surface area contributed by atoms with Crippen molar-refractivity contribution in [3.05, 3.63) is 29.6 Å². The average Bonchev–Trinajstić information content (AvgIpc) is 2.68. The summed E-state index contributed by atoms with van der Waals surface area (Å²) in [5.74, 6) is 0.0812. The van der Waals surface area contributed by atoms with Crippen LogP contribution in [0.25, 0.3) is 0 Å². The van der Waals surface area contributed by atoms with Crippen LogP contribution in [0.3, 0.4) is 0 Å². The van der Waals surface area contributed by atoms with E-state index in [1.165, 1.54) is 12.1 Å². The standard InChI is InChI=1S/C13H19FN2O2S/c1-15-8-10-5-11(14)7-13(6-10)16(2)12-3-4-19(17,18)9-12/h5-7,12,15H,3-4,8-9H2,1-2H3. The van der Waals surface area contributed by atoms with Crippen molar-refractivity contribution in [1.29, 1.82) is 0 Å². The molecule has 0 saturated carbocycles. The van der Waals surface area contributed by atoms with E-state index in [1.807, 2.05) is 18.0 Å². The van der Waals surface area contributed by atoms with E-state index in [-0.39, 0.29) is 23.4 Å². The van der Waals surface area contributed by atoms with Crippen LogP contribution >= 0.6 is 0 Å². The monoisotopic (exact) mass is 286 g/mol. The number of benzene rings is 1. The van der Waals surface area contributed by atoms with E-state index in [1.54, 1.807) is 7.05 Å². The molecule has 1 atom stereocenters. The minimum absolute atomic E-state index is 0.0609. The Balaban J connectivity index is 2.21. The van der Waals surface area contributed by atoms with Crippen molar-refractivity contribution < 1.29 is 12.8 Å². The van der Waals surface area contributed by atoms with Gasteiger partial charge in [-0.25, -0.2) is 12.8 Å². The SMILES string of the molecule is CNCc1cc(F)cc(N(C)C2CCS(=O)(=O)C2)c1. The number of hydrogen-bond acceptors (Lipinski definition) is 4. The number of anilines is 1. The molecular formula is C13H19FN2O2S. The van der Waals surface area contributed by atoms with Gasteiger partial charge in [0.15, 0.2) is 9.84 Å². The van der Waals surface area contributed by atoms with Gasteiger partial charge in [0.2, 0.25) is 0 Å². The second-order valence-corrected chi connectivity index (χ2v) is 7.24. The number of hydrogen-bond donors (Lipinski definition) is 1. The first-order chi connectivity index (χ1) is 8.91. The summed E-state index contributed by atoms with van der Waals surface area (Å²) in [5.41, 5.74) is 1.58. The molecule has 1 unspecified atom stereocenters. The van der Waals surface area contributed by atoms with Gasteiger partial charge in [0, 0.05) is 25.3 Å². The fourth-order valence-electron chi connectivity index (χ4n) is 2.43. The first kappa shape index (κ1) is 14.3. The largest absolute Gasteiger partial charge is 0.370 e. The smallest absolute Gasteiger partial charge is 0.152 e. The molecule has 1 aromatic carbocycles. The maximum atomic E-state index is 13.6. The summed E-state index contributed by atoms with van der Waals surface area (Å²) in [4.78, 5) is 1.87. The summed E-state index contributed by atoms with van der Waals surface area (Å²) >= 11 is 0. The predicted octanol–water partition coefficient (Wildman–Crippen LogP) is 1.17. The molecule has 0 spiro atoms. The van der Waals surface area contributed by atoms with Gasteiger partial charge in [-0.2, -0.15) is 0 Å². The molecule has 6 heteroatoms. The van der Waals surface area contributed by atoms with Crippen LogP contribution < -0.4 is 10.2 Å². The van der Waals surface area contributed by atoms with Crippen molar-refractivity contribution >= 4 is 15.5 Å². The third-order valence-electron chi connectivity index (χ3n) is 3.49. The van der Waals surface area contributed by atoms with Crippen LogP contribution in [0.2, 0.25) is 0 Å². The molecule has 0 bridgehead atoms. The van der Waals surface area contributed by atoms with Crippen LogP contribution in [0, 0.1) is 5.82 Å². The number of nitrogens with one attached hydrogen (secondary N) is 1. The maximum absolute atomic E-state index is 13.6. The third-order valence-corrected chi connectivity index (χ3v) is 5.24. The van der Waals surface area contributed by atoms with Gasteiger partial charge >= 0.3 is 0 Å². The topological polar surface area (TPSA) is 49.4 Å². The molecular weight excluding hydrogens is 267 g/mol. The molecule has 106 valence electrons. The number of rotatable bonds is 4. The normalized spacial score (nSPS) is 21.5. The van der Waals surface area contributed by atoms with Crippen molar-refractivity contribution in [3.8, 4) is 0 Å². The molecule has 1 aromatic rings. The summed E-state index contributed by atoms with van der Waals surface area (Å²) in [6.45, 7) is 0.585. The fourth-order valence-corrected chi connectivity index (χ4v) is 4.21. The van der Waals surface area contributed by atoms with Crippen molar-refractivity contribution in [2.75, 3.05) is 30.5 Å². The van der Waals surface area contributed by atoms with E-state index in [0.717, 1.165) is 11.3 Å². The molecule has 1 aliphatic rings. The molecule has 0 aliphatic carbocycles. The van der Waals surface area contributed by atoms with Crippen molar-refractivity contribution in [2.24, 2.45) is 0 Å². The molecule has 1 aliphatic heterocycles. The lowest BCUT2D eigenvalue weighted by Crippen LogP contribution is -2.32. The highest BCUT2D eigenvalue weighted by Crippen LogP contribution is 2.24. The summed E-state index contributed by atoms with van der Waals surface area (Å²) in [5, 5.41) is 2.98. The van der Waals surface area contributed by atoms with Gasteiger partial charge in [-0.15, -0.1) is 0 Å². The van der Waals surface area contributed by atoms with E-state index in [0.29, 0.717) is 13.0 Å². The predicted molar refractivity (Wildman–Crippen MR) is 74.6 cm³/mol. The fraction of sp³-hybridized carbons (Fsp3) is 0.538. The Morgan fingerprint density at radius 2 is 2.16 bits per heavy atom. The summed E-state index contributed by atoms with van der Waals surface area (Å²) in [6, 6.07) is 4.77. The van der Waals surface area contributed by atoms with E-state index >= 15 is 0 Å². The van der Waals surface area contributed by atoms with Crippen molar-refractivity contribution in [3.63, 3.8) is 0 Å². The highest BCUT2D eigenvalue weighted by Gasteiger charge is 2.30. The van der Waals surface area contributed by atoms with Crippen LogP contribution in [0.4, 0.5) is 10.1 Å². The third kappa shape index (κ3) is 3.45. The number of sulfone groups is 1. The first-order valence-electron chi connectivity index (χ1n) is 6.28. The van der Waals surface area contributed by atoms with Gasteiger partial charge in [0.25, 0.3) is 0 Å². The van der Waals surface area contributed by atoms with Gasteiger partial charge < -0.3 is 10.2 Å². The lowest BCUT2D eigenvalue weighted by molar-refractivity contribution is 0.600. The number of nitrogens with zero attached hydrogens (tertiary/aromatic N) is 1. The molecule has 4 nitrogen and oxygen atoms in total. The Labute approximate surface area is 113 Å². The Kier molecular flexibility index (Phi) is 4.10. The minimum atomic E-state index is -2.93. The molecule has 0 aromatic heterocycles. The summed E-state index contributed by atoms with van der Waals surface area (Å²) < 4.78 is 36.6. The Bertz CT molecular complexity index is 560. The first-order valence-corrected chi connectivity index (χ1v) is 8.11. The van der Waals surface area contributed by atoms with E-state index in [9.17, 15) is 12.8 Å². The second-order valence-electron chi connectivity index (χ2n) is 5.02. The van der Waals surface area contributed by atoms with E-state index in [2.05, 4.69) is 5.32 Å². The number of halogens is 1. The zero-order valence-electron chi connectivity index (χ0n) is 11.2. The summed E-state index contributed by atoms with van der Waals surface area (Å²) in [7, 11) is 0.700. The van der Waals surface area contributed by atoms with Crippen LogP contribution in [0.1, 0.15) is 12.0 Å². The molecule has 0 radical (unpaired) electrons. The van der Waals surface area contributed by atoms with Gasteiger partial charge in [-0.1, -0.05) is 0 Å². The molecule has 19 heavy (non-hydrogen) atoms. The van der Waals surface area contributed by atoms with Crippen LogP contribution in [0.15, 0.2) is 18.2 Å². The second kappa shape index (κ2) is 5.46. The zero-order chi connectivity index (χ0) is 14.0. The van der Waals surface area contributed by atoms with Crippen LogP contribution in [0.5, 0.6) is 0 Å². The molecule has 1 saturated heterocycles. The molecule has 1 fully saturated rings. The highest BCUT2D eigenvalue weighted by molar-refractivity contribution is 7.91. The average molecular weight is 286 g/mol. The lowest BCUT2D eigenvalue weighted by Gasteiger charge is -2.26. The Morgan fingerprint density at radius 3 is 2.74 bits per heavy atom. The quantitative estimate of drug-likeness (QED) is 0.902. The molecule has 1 N–H and O–H groups in total. The minimum Gasteiger partial charge on any atom is -0.370 e. The Morgan fingerprint density at radius 1 is 1.42 bits per heavy atom. The lowest BCUT2D eigenvalue weighted by atomic mass is 10.1. The zero-order valence-corrected chi connectivity index (χ0v) is 12.0.